The molecule has 1 aromatic heterocycles. The van der Waals surface area contributed by atoms with Crippen LogP contribution < -0.4 is 10.1 Å². The fourth-order valence-corrected chi connectivity index (χ4v) is 3.30. The van der Waals surface area contributed by atoms with Gasteiger partial charge in [-0.15, -0.1) is 0 Å². The maximum atomic E-state index is 12.6. The van der Waals surface area contributed by atoms with Crippen molar-refractivity contribution in [2.24, 2.45) is 0 Å². The number of nitrogens with one attached hydrogen (secondary N) is 1. The maximum absolute atomic E-state index is 12.6. The van der Waals surface area contributed by atoms with Crippen molar-refractivity contribution < 1.29 is 22.7 Å². The highest BCUT2D eigenvalue weighted by Crippen LogP contribution is 2.29. The smallest absolute Gasteiger partial charge is 0.416 e. The molecule has 4 nitrogen and oxygen atoms in total. The number of pyridine rings is 1. The first-order valence-electron chi connectivity index (χ1n) is 9.34. The topological polar surface area (TPSA) is 51.2 Å². The minimum absolute atomic E-state index is 0.0628. The Morgan fingerprint density at radius 1 is 1.11 bits per heavy atom. The first-order chi connectivity index (χ1) is 13.3. The van der Waals surface area contributed by atoms with E-state index in [0.29, 0.717) is 11.4 Å². The van der Waals surface area contributed by atoms with Gasteiger partial charge in [-0.1, -0.05) is 18.2 Å². The number of carbonyl (C=O) groups is 1. The Hall–Kier alpha value is -2.57. The van der Waals surface area contributed by atoms with Gasteiger partial charge in [0, 0.05) is 18.3 Å². The van der Waals surface area contributed by atoms with Gasteiger partial charge in [0.1, 0.15) is 6.10 Å². The lowest BCUT2D eigenvalue weighted by molar-refractivity contribution is -0.137. The number of rotatable bonds is 5. The van der Waals surface area contributed by atoms with Crippen LogP contribution in [0.15, 0.2) is 42.6 Å². The first-order valence-corrected chi connectivity index (χ1v) is 9.34. The Balaban J connectivity index is 1.42. The minimum atomic E-state index is -4.37. The average Bonchev–Trinajstić information content (AvgIpc) is 2.65. The molecule has 0 saturated heterocycles. The number of alkyl halides is 3. The Kier molecular flexibility index (Phi) is 6.21. The third-order valence-electron chi connectivity index (χ3n) is 4.86. The lowest BCUT2D eigenvalue weighted by Crippen LogP contribution is -2.40. The summed E-state index contributed by atoms with van der Waals surface area (Å²) in [5, 5.41) is 2.97. The van der Waals surface area contributed by atoms with E-state index in [1.807, 2.05) is 19.1 Å². The van der Waals surface area contributed by atoms with E-state index in [2.05, 4.69) is 10.3 Å². The molecule has 28 heavy (non-hydrogen) atoms. The molecule has 7 heteroatoms. The fraction of sp³-hybridized carbons (Fsp3) is 0.429. The van der Waals surface area contributed by atoms with Crippen LogP contribution in [0, 0.1) is 6.92 Å². The van der Waals surface area contributed by atoms with Gasteiger partial charge in [0.15, 0.2) is 0 Å². The number of hydrogen-bond donors (Lipinski definition) is 1. The molecule has 0 unspecified atom stereocenters. The van der Waals surface area contributed by atoms with Crippen molar-refractivity contribution in [1.82, 2.24) is 10.3 Å². The van der Waals surface area contributed by atoms with Gasteiger partial charge < -0.3 is 10.1 Å². The molecule has 1 aliphatic rings. The summed E-state index contributed by atoms with van der Waals surface area (Å²) in [5.74, 6) is 0.435. The normalized spacial score (nSPS) is 19.9. The van der Waals surface area contributed by atoms with Crippen LogP contribution in [0.4, 0.5) is 13.2 Å². The van der Waals surface area contributed by atoms with Gasteiger partial charge in [0.25, 0.3) is 0 Å². The van der Waals surface area contributed by atoms with Crippen molar-refractivity contribution in [1.29, 1.82) is 0 Å². The quantitative estimate of drug-likeness (QED) is 0.818. The van der Waals surface area contributed by atoms with E-state index in [1.165, 1.54) is 12.1 Å². The number of ether oxygens (including phenoxy) is 1. The molecule has 0 spiro atoms. The van der Waals surface area contributed by atoms with E-state index in [9.17, 15) is 18.0 Å². The van der Waals surface area contributed by atoms with Crippen LogP contribution in [0.2, 0.25) is 0 Å². The Morgan fingerprint density at radius 2 is 1.79 bits per heavy atom. The molecule has 0 aliphatic heterocycles. The fourth-order valence-electron chi connectivity index (χ4n) is 3.30. The molecular formula is C21H23F3N2O2. The third kappa shape index (κ3) is 5.71. The lowest BCUT2D eigenvalue weighted by atomic mass is 9.92. The molecule has 1 saturated carbocycles. The average molecular weight is 392 g/mol. The van der Waals surface area contributed by atoms with E-state index in [1.54, 1.807) is 6.20 Å². The van der Waals surface area contributed by atoms with E-state index in [0.717, 1.165) is 43.4 Å². The Labute approximate surface area is 162 Å². The van der Waals surface area contributed by atoms with Crippen molar-refractivity contribution >= 4 is 5.91 Å². The van der Waals surface area contributed by atoms with Gasteiger partial charge in [-0.05, 0) is 55.9 Å². The van der Waals surface area contributed by atoms with Crippen LogP contribution in [-0.4, -0.2) is 23.0 Å². The lowest BCUT2D eigenvalue weighted by Gasteiger charge is -2.29. The van der Waals surface area contributed by atoms with Gasteiger partial charge in [-0.2, -0.15) is 13.2 Å². The number of hydrogen-bond acceptors (Lipinski definition) is 3. The van der Waals surface area contributed by atoms with E-state index in [-0.39, 0.29) is 24.5 Å². The largest absolute Gasteiger partial charge is 0.474 e. The van der Waals surface area contributed by atoms with Crippen molar-refractivity contribution in [3.05, 3.63) is 59.3 Å². The second kappa shape index (κ2) is 8.63. The standard InChI is InChI=1S/C21H23F3N2O2/c1-14-2-11-20(25-13-14)28-18-9-7-17(8-10-18)26-19(27)12-15-3-5-16(6-4-15)21(22,23)24/h2-6,11,13,17-18H,7-10,12H2,1H3,(H,26,27). The number of aryl methyl sites for hydroxylation is 1. The second-order valence-corrected chi connectivity index (χ2v) is 7.20. The summed E-state index contributed by atoms with van der Waals surface area (Å²) >= 11 is 0. The molecule has 3 rings (SSSR count). The van der Waals surface area contributed by atoms with Crippen LogP contribution in [0.3, 0.4) is 0 Å². The van der Waals surface area contributed by atoms with Crippen LogP contribution >= 0.6 is 0 Å². The summed E-state index contributed by atoms with van der Waals surface area (Å²) in [5.41, 5.74) is 0.929. The number of carbonyl (C=O) groups excluding carboxylic acids is 1. The number of nitrogens with zero attached hydrogens (tertiary/aromatic N) is 1. The second-order valence-electron chi connectivity index (χ2n) is 7.20. The third-order valence-corrected chi connectivity index (χ3v) is 4.86. The number of aromatic nitrogens is 1. The minimum Gasteiger partial charge on any atom is -0.474 e. The molecule has 2 aromatic rings. The molecule has 1 heterocycles. The molecule has 1 fully saturated rings. The molecular weight excluding hydrogens is 369 g/mol. The zero-order chi connectivity index (χ0) is 20.1. The van der Waals surface area contributed by atoms with Gasteiger partial charge in [0.05, 0.1) is 12.0 Å². The molecule has 0 atom stereocenters. The summed E-state index contributed by atoms with van der Waals surface area (Å²) in [6, 6.07) is 8.58. The van der Waals surface area contributed by atoms with Crippen LogP contribution in [-0.2, 0) is 17.4 Å². The zero-order valence-electron chi connectivity index (χ0n) is 15.6. The van der Waals surface area contributed by atoms with Gasteiger partial charge in [0.2, 0.25) is 11.8 Å². The van der Waals surface area contributed by atoms with Gasteiger partial charge in [-0.25, -0.2) is 4.98 Å². The molecule has 150 valence electrons. The monoisotopic (exact) mass is 392 g/mol. The highest BCUT2D eigenvalue weighted by atomic mass is 19.4. The highest BCUT2D eigenvalue weighted by Gasteiger charge is 2.30. The number of benzene rings is 1. The summed E-state index contributed by atoms with van der Waals surface area (Å²) in [6.45, 7) is 1.97. The number of amides is 1. The van der Waals surface area contributed by atoms with Crippen LogP contribution in [0.1, 0.15) is 42.4 Å². The van der Waals surface area contributed by atoms with Crippen molar-refractivity contribution in [3.8, 4) is 5.88 Å². The molecule has 1 aromatic carbocycles. The van der Waals surface area contributed by atoms with Gasteiger partial charge >= 0.3 is 6.18 Å². The highest BCUT2D eigenvalue weighted by molar-refractivity contribution is 5.78. The molecule has 1 amide bonds. The molecule has 1 N–H and O–H groups in total. The SMILES string of the molecule is Cc1ccc(OC2CCC(NC(=O)Cc3ccc(C(F)(F)F)cc3)CC2)nc1. The predicted molar refractivity (Wildman–Crippen MR) is 98.9 cm³/mol. The van der Waals surface area contributed by atoms with Crippen LogP contribution in [0.5, 0.6) is 5.88 Å². The van der Waals surface area contributed by atoms with E-state index in [4.69, 9.17) is 4.74 Å². The molecule has 0 bridgehead atoms. The Morgan fingerprint density at radius 3 is 2.36 bits per heavy atom. The van der Waals surface area contributed by atoms with Crippen molar-refractivity contribution in [2.45, 2.75) is 57.3 Å². The zero-order valence-corrected chi connectivity index (χ0v) is 15.6. The Bertz CT molecular complexity index is 781. The molecule has 0 radical (unpaired) electrons. The van der Waals surface area contributed by atoms with Crippen LogP contribution in [0.25, 0.3) is 0 Å². The summed E-state index contributed by atoms with van der Waals surface area (Å²) in [7, 11) is 0. The van der Waals surface area contributed by atoms with Crippen molar-refractivity contribution in [3.63, 3.8) is 0 Å². The van der Waals surface area contributed by atoms with E-state index >= 15 is 0 Å². The van der Waals surface area contributed by atoms with E-state index < -0.39 is 11.7 Å². The molecule has 1 aliphatic carbocycles. The summed E-state index contributed by atoms with van der Waals surface area (Å²) in [6.07, 6.45) is 0.796. The predicted octanol–water partition coefficient (Wildman–Crippen LogP) is 4.46. The van der Waals surface area contributed by atoms with Crippen molar-refractivity contribution in [2.75, 3.05) is 0 Å². The first kappa shape index (κ1) is 20.2. The summed E-state index contributed by atoms with van der Waals surface area (Å²) < 4.78 is 43.6. The summed E-state index contributed by atoms with van der Waals surface area (Å²) in [4.78, 5) is 16.4. The number of halogens is 3. The maximum Gasteiger partial charge on any atom is 0.416 e. The van der Waals surface area contributed by atoms with Gasteiger partial charge in [-0.3, -0.25) is 4.79 Å².